The topological polar surface area (TPSA) is 39.7 Å². The molecule has 0 bridgehead atoms. The monoisotopic (exact) mass is 304 g/mol. The maximum absolute atomic E-state index is 12.8. The normalized spacial score (nSPS) is 18.8. The highest BCUT2D eigenvalue weighted by Gasteiger charge is 2.27. The summed E-state index contributed by atoms with van der Waals surface area (Å²) in [6.07, 6.45) is 5.79. The molecule has 1 aromatic rings. The van der Waals surface area contributed by atoms with Crippen LogP contribution in [-0.4, -0.2) is 78.5 Å². The largest absolute Gasteiger partial charge is 0.336 e. The molecule has 0 saturated carbocycles. The fourth-order valence-corrected chi connectivity index (χ4v) is 3.04. The fourth-order valence-electron chi connectivity index (χ4n) is 3.04. The van der Waals surface area contributed by atoms with E-state index in [2.05, 4.69) is 21.7 Å². The number of likely N-dealkylation sites (tertiary alicyclic amines) is 1. The Morgan fingerprint density at radius 2 is 2.23 bits per heavy atom. The highest BCUT2D eigenvalue weighted by atomic mass is 16.2. The Morgan fingerprint density at radius 3 is 2.86 bits per heavy atom. The van der Waals surface area contributed by atoms with Crippen LogP contribution in [0, 0.1) is 0 Å². The molecule has 2 rings (SSSR count). The molecule has 0 radical (unpaired) electrons. The zero-order valence-electron chi connectivity index (χ0n) is 14.0. The van der Waals surface area contributed by atoms with Crippen molar-refractivity contribution >= 4 is 5.91 Å². The number of carbonyl (C=O) groups excluding carboxylic acids is 1. The predicted octanol–water partition coefficient (Wildman–Crippen LogP) is 1.57. The molecule has 0 unspecified atom stereocenters. The van der Waals surface area contributed by atoms with E-state index < -0.39 is 0 Å². The van der Waals surface area contributed by atoms with Crippen molar-refractivity contribution in [2.24, 2.45) is 0 Å². The molecule has 0 spiro atoms. The van der Waals surface area contributed by atoms with Crippen molar-refractivity contribution in [1.29, 1.82) is 0 Å². The average molecular weight is 304 g/mol. The summed E-state index contributed by atoms with van der Waals surface area (Å²) in [5.74, 6) is 0.0953. The van der Waals surface area contributed by atoms with Gasteiger partial charge in [-0.05, 0) is 52.2 Å². The standard InChI is InChI=1S/C17H28N4O/c1-4-20-10-6-8-16(20)14-21(12-11-19(2)3)17(22)15-7-5-9-18-13-15/h5,7,9,13,16H,4,6,8,10-12,14H2,1-3H3/t16-/m0/s1. The summed E-state index contributed by atoms with van der Waals surface area (Å²) in [6, 6.07) is 4.17. The van der Waals surface area contributed by atoms with Gasteiger partial charge in [0.05, 0.1) is 5.56 Å². The van der Waals surface area contributed by atoms with Crippen LogP contribution in [0.15, 0.2) is 24.5 Å². The predicted molar refractivity (Wildman–Crippen MR) is 89.0 cm³/mol. The molecule has 122 valence electrons. The number of aromatic nitrogens is 1. The van der Waals surface area contributed by atoms with E-state index in [-0.39, 0.29) is 5.91 Å². The highest BCUT2D eigenvalue weighted by molar-refractivity contribution is 5.93. The summed E-state index contributed by atoms with van der Waals surface area (Å²) >= 11 is 0. The van der Waals surface area contributed by atoms with Crippen molar-refractivity contribution in [3.05, 3.63) is 30.1 Å². The van der Waals surface area contributed by atoms with E-state index in [4.69, 9.17) is 0 Å². The molecule has 1 aliphatic rings. The van der Waals surface area contributed by atoms with Crippen LogP contribution in [0.5, 0.6) is 0 Å². The van der Waals surface area contributed by atoms with Gasteiger partial charge in [-0.3, -0.25) is 14.7 Å². The number of pyridine rings is 1. The van der Waals surface area contributed by atoms with Crippen LogP contribution in [0.4, 0.5) is 0 Å². The molecule has 22 heavy (non-hydrogen) atoms. The van der Waals surface area contributed by atoms with E-state index >= 15 is 0 Å². The Hall–Kier alpha value is -1.46. The van der Waals surface area contributed by atoms with Gasteiger partial charge in [-0.15, -0.1) is 0 Å². The fraction of sp³-hybridized carbons (Fsp3) is 0.647. The molecule has 0 N–H and O–H groups in total. The average Bonchev–Trinajstić information content (AvgIpc) is 2.98. The zero-order valence-corrected chi connectivity index (χ0v) is 14.0. The lowest BCUT2D eigenvalue weighted by Gasteiger charge is -2.31. The lowest BCUT2D eigenvalue weighted by atomic mass is 10.1. The first-order valence-electron chi connectivity index (χ1n) is 8.20. The lowest BCUT2D eigenvalue weighted by molar-refractivity contribution is 0.0694. The molecule has 0 aromatic carbocycles. The Labute approximate surface area is 133 Å². The molecular weight excluding hydrogens is 276 g/mol. The molecule has 1 aromatic heterocycles. The summed E-state index contributed by atoms with van der Waals surface area (Å²) < 4.78 is 0. The number of hydrogen-bond donors (Lipinski definition) is 0. The minimum Gasteiger partial charge on any atom is -0.336 e. The van der Waals surface area contributed by atoms with Crippen LogP contribution < -0.4 is 0 Å². The van der Waals surface area contributed by atoms with Gasteiger partial charge in [0, 0.05) is 38.1 Å². The molecule has 2 heterocycles. The third-order valence-electron chi connectivity index (χ3n) is 4.35. The summed E-state index contributed by atoms with van der Waals surface area (Å²) in [7, 11) is 4.08. The van der Waals surface area contributed by atoms with Crippen molar-refractivity contribution in [3.8, 4) is 0 Å². The van der Waals surface area contributed by atoms with Gasteiger partial charge < -0.3 is 9.80 Å². The molecular formula is C17H28N4O. The Bertz CT molecular complexity index is 463. The van der Waals surface area contributed by atoms with Crippen LogP contribution in [0.1, 0.15) is 30.1 Å². The van der Waals surface area contributed by atoms with E-state index in [0.29, 0.717) is 11.6 Å². The number of hydrogen-bond acceptors (Lipinski definition) is 4. The molecule has 1 atom stereocenters. The van der Waals surface area contributed by atoms with Crippen molar-refractivity contribution in [1.82, 2.24) is 19.7 Å². The highest BCUT2D eigenvalue weighted by Crippen LogP contribution is 2.18. The van der Waals surface area contributed by atoms with Crippen molar-refractivity contribution in [2.75, 3.05) is 46.8 Å². The van der Waals surface area contributed by atoms with Gasteiger partial charge in [0.25, 0.3) is 5.91 Å². The van der Waals surface area contributed by atoms with E-state index in [1.807, 2.05) is 31.1 Å². The van der Waals surface area contributed by atoms with Crippen molar-refractivity contribution in [2.45, 2.75) is 25.8 Å². The second kappa shape index (κ2) is 8.25. The lowest BCUT2D eigenvalue weighted by Crippen LogP contribution is -2.45. The maximum atomic E-state index is 12.8. The molecule has 5 heteroatoms. The first-order chi connectivity index (χ1) is 10.6. The van der Waals surface area contributed by atoms with E-state index in [1.54, 1.807) is 12.4 Å². The Kier molecular flexibility index (Phi) is 6.34. The minimum atomic E-state index is 0.0953. The number of amides is 1. The second-order valence-electron chi connectivity index (χ2n) is 6.22. The van der Waals surface area contributed by atoms with Crippen LogP contribution in [0.2, 0.25) is 0 Å². The number of likely N-dealkylation sites (N-methyl/N-ethyl adjacent to an activating group) is 2. The number of rotatable bonds is 7. The van der Waals surface area contributed by atoms with Gasteiger partial charge in [0.15, 0.2) is 0 Å². The van der Waals surface area contributed by atoms with E-state index in [0.717, 1.165) is 32.7 Å². The maximum Gasteiger partial charge on any atom is 0.255 e. The Balaban J connectivity index is 2.06. The molecule has 1 amide bonds. The van der Waals surface area contributed by atoms with Crippen molar-refractivity contribution in [3.63, 3.8) is 0 Å². The summed E-state index contributed by atoms with van der Waals surface area (Å²) in [5, 5.41) is 0. The van der Waals surface area contributed by atoms with E-state index in [1.165, 1.54) is 12.8 Å². The van der Waals surface area contributed by atoms with Gasteiger partial charge in [-0.2, -0.15) is 0 Å². The van der Waals surface area contributed by atoms with Crippen LogP contribution in [0.3, 0.4) is 0 Å². The Morgan fingerprint density at radius 1 is 1.41 bits per heavy atom. The third-order valence-corrected chi connectivity index (χ3v) is 4.35. The van der Waals surface area contributed by atoms with Gasteiger partial charge in [0.2, 0.25) is 0 Å². The van der Waals surface area contributed by atoms with Crippen LogP contribution >= 0.6 is 0 Å². The SMILES string of the molecule is CCN1CCC[C@H]1CN(CCN(C)C)C(=O)c1cccnc1. The number of carbonyl (C=O) groups is 1. The smallest absolute Gasteiger partial charge is 0.255 e. The summed E-state index contributed by atoms with van der Waals surface area (Å²) in [4.78, 5) is 23.5. The zero-order chi connectivity index (χ0) is 15.9. The summed E-state index contributed by atoms with van der Waals surface area (Å²) in [6.45, 7) is 6.87. The number of nitrogens with zero attached hydrogens (tertiary/aromatic N) is 4. The molecule has 1 fully saturated rings. The molecule has 5 nitrogen and oxygen atoms in total. The third kappa shape index (κ3) is 4.52. The first kappa shape index (κ1) is 16.9. The van der Waals surface area contributed by atoms with Gasteiger partial charge in [-0.1, -0.05) is 6.92 Å². The molecule has 1 aliphatic heterocycles. The minimum absolute atomic E-state index is 0.0953. The van der Waals surface area contributed by atoms with Gasteiger partial charge in [0.1, 0.15) is 0 Å². The second-order valence-corrected chi connectivity index (χ2v) is 6.22. The van der Waals surface area contributed by atoms with E-state index in [9.17, 15) is 4.79 Å². The molecule has 0 aliphatic carbocycles. The molecule has 1 saturated heterocycles. The quantitative estimate of drug-likeness (QED) is 0.766. The van der Waals surface area contributed by atoms with Crippen LogP contribution in [-0.2, 0) is 0 Å². The van der Waals surface area contributed by atoms with Gasteiger partial charge >= 0.3 is 0 Å². The van der Waals surface area contributed by atoms with Crippen molar-refractivity contribution < 1.29 is 4.79 Å². The van der Waals surface area contributed by atoms with Crippen LogP contribution in [0.25, 0.3) is 0 Å². The van der Waals surface area contributed by atoms with Gasteiger partial charge in [-0.25, -0.2) is 0 Å². The summed E-state index contributed by atoms with van der Waals surface area (Å²) in [5.41, 5.74) is 0.683. The first-order valence-corrected chi connectivity index (χ1v) is 8.20.